The first-order valence-electron chi connectivity index (χ1n) is 6.25. The Hall–Kier alpha value is -0.840. The number of rotatable bonds is 3. The molecule has 1 amide bonds. The molecule has 0 heterocycles. The van der Waals surface area contributed by atoms with E-state index in [9.17, 15) is 4.79 Å². The van der Waals surface area contributed by atoms with Crippen LogP contribution in [0, 0.1) is 0 Å². The van der Waals surface area contributed by atoms with Gasteiger partial charge < -0.3 is 15.8 Å². The zero-order chi connectivity index (χ0) is 12.9. The summed E-state index contributed by atoms with van der Waals surface area (Å²) in [6.45, 7) is 3.64. The molecule has 1 saturated carbocycles. The summed E-state index contributed by atoms with van der Waals surface area (Å²) in [5.74, 6) is 0. The van der Waals surface area contributed by atoms with Crippen molar-refractivity contribution in [2.45, 2.75) is 64.0 Å². The first-order valence-corrected chi connectivity index (χ1v) is 6.66. The minimum Gasteiger partial charge on any atom is -0.447 e. The van der Waals surface area contributed by atoms with Crippen LogP contribution in [0.25, 0.3) is 0 Å². The number of carbonyl (C=O) groups is 1. The van der Waals surface area contributed by atoms with E-state index < -0.39 is 11.6 Å². The maximum absolute atomic E-state index is 11.7. The average molecular weight is 258 g/mol. The second-order valence-corrected chi connectivity index (χ2v) is 5.38. The van der Waals surface area contributed by atoms with Crippen LogP contribution in [0.1, 0.15) is 52.4 Å². The third-order valence-corrected chi connectivity index (χ3v) is 3.50. The molecule has 4 nitrogen and oxygen atoms in total. The number of nitrogens with one attached hydrogen (secondary N) is 1. The molecule has 0 saturated heterocycles. The molecule has 1 aliphatic rings. The van der Waals surface area contributed by atoms with Crippen molar-refractivity contribution < 1.29 is 9.53 Å². The SMILES string of the molecule is CC(C)OC(=O)NC1(C(N)=S)CCCCCC1. The predicted molar refractivity (Wildman–Crippen MR) is 72.0 cm³/mol. The highest BCUT2D eigenvalue weighted by Crippen LogP contribution is 2.27. The van der Waals surface area contributed by atoms with Gasteiger partial charge in [-0.05, 0) is 26.7 Å². The Morgan fingerprint density at radius 1 is 1.29 bits per heavy atom. The second kappa shape index (κ2) is 6.19. The largest absolute Gasteiger partial charge is 0.447 e. The number of hydrogen-bond donors (Lipinski definition) is 2. The van der Waals surface area contributed by atoms with Gasteiger partial charge in [0.25, 0.3) is 0 Å². The van der Waals surface area contributed by atoms with Gasteiger partial charge >= 0.3 is 6.09 Å². The van der Waals surface area contributed by atoms with Gasteiger partial charge in [-0.1, -0.05) is 37.9 Å². The molecule has 0 aromatic heterocycles. The van der Waals surface area contributed by atoms with E-state index in [2.05, 4.69) is 5.32 Å². The molecule has 98 valence electrons. The van der Waals surface area contributed by atoms with Crippen LogP contribution in [0.15, 0.2) is 0 Å². The van der Waals surface area contributed by atoms with Crippen LogP contribution in [0.5, 0.6) is 0 Å². The third kappa shape index (κ3) is 4.15. The van der Waals surface area contributed by atoms with Crippen molar-refractivity contribution in [1.29, 1.82) is 0 Å². The van der Waals surface area contributed by atoms with E-state index in [1.54, 1.807) is 0 Å². The molecule has 17 heavy (non-hydrogen) atoms. The molecule has 0 spiro atoms. The molecular weight excluding hydrogens is 236 g/mol. The van der Waals surface area contributed by atoms with Gasteiger partial charge in [0.2, 0.25) is 0 Å². The normalized spacial score (nSPS) is 19.5. The Morgan fingerprint density at radius 2 is 1.82 bits per heavy atom. The number of thiocarbonyl (C=S) groups is 1. The highest BCUT2D eigenvalue weighted by atomic mass is 32.1. The van der Waals surface area contributed by atoms with Gasteiger partial charge in [-0.2, -0.15) is 0 Å². The molecule has 0 aromatic carbocycles. The summed E-state index contributed by atoms with van der Waals surface area (Å²) in [6.07, 6.45) is 5.50. The molecule has 0 unspecified atom stereocenters. The van der Waals surface area contributed by atoms with Gasteiger partial charge in [-0.15, -0.1) is 0 Å². The van der Waals surface area contributed by atoms with Crippen molar-refractivity contribution in [1.82, 2.24) is 5.32 Å². The van der Waals surface area contributed by atoms with Gasteiger partial charge in [-0.25, -0.2) is 4.79 Å². The maximum Gasteiger partial charge on any atom is 0.408 e. The van der Waals surface area contributed by atoms with Crippen LogP contribution in [-0.2, 0) is 4.74 Å². The van der Waals surface area contributed by atoms with Gasteiger partial charge in [0.15, 0.2) is 0 Å². The summed E-state index contributed by atoms with van der Waals surface area (Å²) in [7, 11) is 0. The van der Waals surface area contributed by atoms with Crippen LogP contribution in [0.2, 0.25) is 0 Å². The predicted octanol–water partition coefficient (Wildman–Crippen LogP) is 2.50. The summed E-state index contributed by atoms with van der Waals surface area (Å²) in [5.41, 5.74) is 5.27. The van der Waals surface area contributed by atoms with E-state index >= 15 is 0 Å². The minimum atomic E-state index is -0.544. The molecule has 5 heteroatoms. The van der Waals surface area contributed by atoms with Gasteiger partial charge in [0.1, 0.15) is 0 Å². The highest BCUT2D eigenvalue weighted by Gasteiger charge is 2.36. The molecule has 0 aromatic rings. The van der Waals surface area contributed by atoms with Crippen LogP contribution in [0.4, 0.5) is 4.79 Å². The topological polar surface area (TPSA) is 64.3 Å². The van der Waals surface area contributed by atoms with E-state index in [1.807, 2.05) is 13.8 Å². The minimum absolute atomic E-state index is 0.135. The lowest BCUT2D eigenvalue weighted by atomic mass is 9.90. The lowest BCUT2D eigenvalue weighted by Gasteiger charge is -2.32. The highest BCUT2D eigenvalue weighted by molar-refractivity contribution is 7.80. The van der Waals surface area contributed by atoms with E-state index in [1.165, 1.54) is 12.8 Å². The molecule has 3 N–H and O–H groups in total. The van der Waals surface area contributed by atoms with Gasteiger partial charge in [0.05, 0.1) is 16.6 Å². The molecule has 0 atom stereocenters. The fourth-order valence-corrected chi connectivity index (χ4v) is 2.46. The number of amides is 1. The number of nitrogens with two attached hydrogens (primary N) is 1. The van der Waals surface area contributed by atoms with Crippen molar-refractivity contribution in [3.8, 4) is 0 Å². The maximum atomic E-state index is 11.7. The number of ether oxygens (including phenoxy) is 1. The Morgan fingerprint density at radius 3 is 2.24 bits per heavy atom. The van der Waals surface area contributed by atoms with Crippen LogP contribution in [0.3, 0.4) is 0 Å². The van der Waals surface area contributed by atoms with E-state index in [0.717, 1.165) is 25.7 Å². The number of hydrogen-bond acceptors (Lipinski definition) is 3. The average Bonchev–Trinajstić information content (AvgIpc) is 2.42. The quantitative estimate of drug-likeness (QED) is 0.603. The van der Waals surface area contributed by atoms with E-state index in [-0.39, 0.29) is 6.10 Å². The van der Waals surface area contributed by atoms with Crippen molar-refractivity contribution in [2.24, 2.45) is 5.73 Å². The van der Waals surface area contributed by atoms with E-state index in [0.29, 0.717) is 4.99 Å². The first kappa shape index (κ1) is 14.2. The molecule has 1 rings (SSSR count). The van der Waals surface area contributed by atoms with Crippen molar-refractivity contribution in [3.05, 3.63) is 0 Å². The molecule has 1 aliphatic carbocycles. The van der Waals surface area contributed by atoms with E-state index in [4.69, 9.17) is 22.7 Å². The summed E-state index contributed by atoms with van der Waals surface area (Å²) in [6, 6.07) is 0. The standard InChI is InChI=1S/C12H22N2O2S/c1-9(2)16-11(15)14-12(10(13)17)7-5-3-4-6-8-12/h9H,3-8H2,1-2H3,(H2,13,17)(H,14,15). The molecular formula is C12H22N2O2S. The lowest BCUT2D eigenvalue weighted by Crippen LogP contribution is -2.56. The summed E-state index contributed by atoms with van der Waals surface area (Å²) >= 11 is 5.13. The summed E-state index contributed by atoms with van der Waals surface area (Å²) in [4.78, 5) is 12.1. The van der Waals surface area contributed by atoms with Crippen LogP contribution in [-0.4, -0.2) is 22.7 Å². The van der Waals surface area contributed by atoms with Crippen molar-refractivity contribution in [3.63, 3.8) is 0 Å². The first-order chi connectivity index (χ1) is 7.96. The molecule has 1 fully saturated rings. The van der Waals surface area contributed by atoms with Crippen LogP contribution >= 0.6 is 12.2 Å². The monoisotopic (exact) mass is 258 g/mol. The number of carbonyl (C=O) groups excluding carboxylic acids is 1. The summed E-state index contributed by atoms with van der Waals surface area (Å²) in [5, 5.41) is 2.88. The molecule has 0 radical (unpaired) electrons. The zero-order valence-corrected chi connectivity index (χ0v) is 11.4. The van der Waals surface area contributed by atoms with Crippen LogP contribution < -0.4 is 11.1 Å². The van der Waals surface area contributed by atoms with Gasteiger partial charge in [-0.3, -0.25) is 0 Å². The van der Waals surface area contributed by atoms with Gasteiger partial charge in [0, 0.05) is 0 Å². The van der Waals surface area contributed by atoms with Crippen molar-refractivity contribution >= 4 is 23.3 Å². The number of alkyl carbamates (subject to hydrolysis) is 1. The van der Waals surface area contributed by atoms with Crippen molar-refractivity contribution in [2.75, 3.05) is 0 Å². The lowest BCUT2D eigenvalue weighted by molar-refractivity contribution is 0.108. The fraction of sp³-hybridized carbons (Fsp3) is 0.833. The Bertz CT molecular complexity index is 284. The Kier molecular flexibility index (Phi) is 5.18. The zero-order valence-electron chi connectivity index (χ0n) is 10.6. The smallest absolute Gasteiger partial charge is 0.408 e. The fourth-order valence-electron chi connectivity index (χ4n) is 2.20. The Balaban J connectivity index is 2.70. The summed E-state index contributed by atoms with van der Waals surface area (Å²) < 4.78 is 5.10. The molecule has 0 aliphatic heterocycles. The Labute approximate surface area is 108 Å². The third-order valence-electron chi connectivity index (χ3n) is 3.11. The molecule has 0 bridgehead atoms. The second-order valence-electron chi connectivity index (χ2n) is 4.94.